The van der Waals surface area contributed by atoms with Crippen molar-refractivity contribution in [3.05, 3.63) is 107 Å². The van der Waals surface area contributed by atoms with Gasteiger partial charge in [-0.05, 0) is 54.5 Å². The van der Waals surface area contributed by atoms with Crippen LogP contribution in [0.5, 0.6) is 5.75 Å². The lowest BCUT2D eigenvalue weighted by Crippen LogP contribution is -2.29. The third-order valence-electron chi connectivity index (χ3n) is 6.03. The van der Waals surface area contributed by atoms with Crippen molar-refractivity contribution in [1.82, 2.24) is 14.7 Å². The van der Waals surface area contributed by atoms with Gasteiger partial charge < -0.3 is 9.47 Å². The Balaban J connectivity index is 1.43. The van der Waals surface area contributed by atoms with E-state index in [2.05, 4.69) is 0 Å². The number of benzene rings is 3. The first-order valence-electron chi connectivity index (χ1n) is 12.3. The highest BCUT2D eigenvalue weighted by atomic mass is 32.2. The predicted molar refractivity (Wildman–Crippen MR) is 156 cm³/mol. The van der Waals surface area contributed by atoms with E-state index in [0.717, 1.165) is 40.2 Å². The Morgan fingerprint density at radius 1 is 0.974 bits per heavy atom. The Hall–Kier alpha value is -3.72. The first kappa shape index (κ1) is 25.9. The molecule has 2 heterocycles. The zero-order valence-corrected chi connectivity index (χ0v) is 22.6. The van der Waals surface area contributed by atoms with Gasteiger partial charge in [0, 0.05) is 37.6 Å². The maximum Gasteiger partial charge on any atom is 0.266 e. The van der Waals surface area contributed by atoms with Gasteiger partial charge in [0.2, 0.25) is 0 Å². The topological polar surface area (TPSA) is 56.6 Å². The van der Waals surface area contributed by atoms with Crippen LogP contribution in [0.15, 0.2) is 96.0 Å². The summed E-state index contributed by atoms with van der Waals surface area (Å²) >= 11 is 6.82. The second-order valence-corrected chi connectivity index (χ2v) is 10.4. The van der Waals surface area contributed by atoms with Crippen molar-refractivity contribution in [3.63, 3.8) is 0 Å². The minimum atomic E-state index is -0.0841. The molecular formula is C30H27N3O3S2. The Labute approximate surface area is 231 Å². The fourth-order valence-electron chi connectivity index (χ4n) is 4.08. The van der Waals surface area contributed by atoms with Crippen LogP contribution in [-0.2, 0) is 16.1 Å². The Morgan fingerprint density at radius 3 is 2.39 bits per heavy atom. The maximum absolute atomic E-state index is 13.1. The summed E-state index contributed by atoms with van der Waals surface area (Å²) < 4.78 is 13.5. The second-order valence-electron chi connectivity index (χ2n) is 8.69. The molecule has 0 bridgehead atoms. The molecule has 4 aromatic rings. The standard InChI is InChI=1S/C30H27N3O3S2/c1-35-18-8-17-32-29(34)27(38-30(32)37)19-24-20-33(25-11-6-3-7-12-25)31-28(24)23-13-15-26(16-14-23)36-21-22-9-4-2-5-10-22/h2-7,9-16,19-20H,8,17-18,21H2,1H3. The van der Waals surface area contributed by atoms with E-state index in [4.69, 9.17) is 26.8 Å². The average Bonchev–Trinajstić information content (AvgIpc) is 3.49. The number of ether oxygens (including phenoxy) is 2. The van der Waals surface area contributed by atoms with Crippen molar-refractivity contribution in [3.8, 4) is 22.7 Å². The van der Waals surface area contributed by atoms with Gasteiger partial charge >= 0.3 is 0 Å². The molecule has 8 heteroatoms. The van der Waals surface area contributed by atoms with E-state index in [1.165, 1.54) is 11.8 Å². The van der Waals surface area contributed by atoms with Crippen LogP contribution in [0.25, 0.3) is 23.0 Å². The summed E-state index contributed by atoms with van der Waals surface area (Å²) in [5, 5.41) is 4.89. The summed E-state index contributed by atoms with van der Waals surface area (Å²) in [6, 6.07) is 27.8. The molecule has 1 fully saturated rings. The van der Waals surface area contributed by atoms with Gasteiger partial charge in [-0.3, -0.25) is 9.69 Å². The molecule has 1 aromatic heterocycles. The Bertz CT molecular complexity index is 1430. The lowest BCUT2D eigenvalue weighted by Gasteiger charge is -2.13. The normalized spacial score (nSPS) is 14.4. The van der Waals surface area contributed by atoms with E-state index in [0.29, 0.717) is 29.0 Å². The van der Waals surface area contributed by atoms with Crippen molar-refractivity contribution in [2.75, 3.05) is 20.3 Å². The van der Waals surface area contributed by atoms with Gasteiger partial charge in [0.25, 0.3) is 5.91 Å². The molecule has 0 saturated carbocycles. The molecule has 0 aliphatic carbocycles. The first-order valence-corrected chi connectivity index (χ1v) is 13.5. The van der Waals surface area contributed by atoms with Crippen molar-refractivity contribution in [2.24, 2.45) is 0 Å². The number of rotatable bonds is 10. The molecular weight excluding hydrogens is 514 g/mol. The van der Waals surface area contributed by atoms with Crippen LogP contribution < -0.4 is 4.74 Å². The zero-order chi connectivity index (χ0) is 26.3. The van der Waals surface area contributed by atoms with Crippen molar-refractivity contribution >= 4 is 40.3 Å². The molecule has 1 aliphatic rings. The minimum absolute atomic E-state index is 0.0841. The summed E-state index contributed by atoms with van der Waals surface area (Å²) in [6.07, 6.45) is 4.56. The third kappa shape index (κ3) is 6.05. The van der Waals surface area contributed by atoms with E-state index in [9.17, 15) is 4.79 Å². The van der Waals surface area contributed by atoms with E-state index in [1.54, 1.807) is 12.0 Å². The van der Waals surface area contributed by atoms with Crippen molar-refractivity contribution < 1.29 is 14.3 Å². The van der Waals surface area contributed by atoms with Crippen LogP contribution in [0.4, 0.5) is 0 Å². The third-order valence-corrected chi connectivity index (χ3v) is 7.41. The summed E-state index contributed by atoms with van der Waals surface area (Å²) in [5.41, 5.74) is 4.58. The average molecular weight is 542 g/mol. The molecule has 192 valence electrons. The molecule has 1 aliphatic heterocycles. The molecule has 38 heavy (non-hydrogen) atoms. The molecule has 0 N–H and O–H groups in total. The van der Waals surface area contributed by atoms with Crippen LogP contribution >= 0.6 is 24.0 Å². The number of carbonyl (C=O) groups is 1. The maximum atomic E-state index is 13.1. The van der Waals surface area contributed by atoms with Crippen LogP contribution in [0.2, 0.25) is 0 Å². The minimum Gasteiger partial charge on any atom is -0.489 e. The number of para-hydroxylation sites is 1. The lowest BCUT2D eigenvalue weighted by molar-refractivity contribution is -0.122. The van der Waals surface area contributed by atoms with Gasteiger partial charge in [-0.25, -0.2) is 4.68 Å². The highest BCUT2D eigenvalue weighted by Crippen LogP contribution is 2.35. The van der Waals surface area contributed by atoms with E-state index in [1.807, 2.05) is 102 Å². The van der Waals surface area contributed by atoms with E-state index < -0.39 is 0 Å². The quantitative estimate of drug-likeness (QED) is 0.132. The monoisotopic (exact) mass is 541 g/mol. The molecule has 1 amide bonds. The summed E-state index contributed by atoms with van der Waals surface area (Å²) in [5.74, 6) is 0.692. The summed E-state index contributed by atoms with van der Waals surface area (Å²) in [6.45, 7) is 1.62. The van der Waals surface area contributed by atoms with Crippen LogP contribution in [-0.4, -0.2) is 45.2 Å². The molecule has 6 nitrogen and oxygen atoms in total. The Morgan fingerprint density at radius 2 is 1.68 bits per heavy atom. The molecule has 5 rings (SSSR count). The van der Waals surface area contributed by atoms with Gasteiger partial charge in [-0.2, -0.15) is 5.10 Å². The van der Waals surface area contributed by atoms with Crippen molar-refractivity contribution in [1.29, 1.82) is 0 Å². The van der Waals surface area contributed by atoms with Crippen LogP contribution in [0.3, 0.4) is 0 Å². The number of carbonyl (C=O) groups excluding carboxylic acids is 1. The molecule has 1 saturated heterocycles. The van der Waals surface area contributed by atoms with Gasteiger partial charge in [-0.15, -0.1) is 0 Å². The highest BCUT2D eigenvalue weighted by Gasteiger charge is 2.32. The van der Waals surface area contributed by atoms with Gasteiger partial charge in [0.15, 0.2) is 0 Å². The molecule has 0 unspecified atom stereocenters. The summed E-state index contributed by atoms with van der Waals surface area (Å²) in [4.78, 5) is 15.4. The SMILES string of the molecule is COCCCN1C(=O)C(=Cc2cn(-c3ccccc3)nc2-c2ccc(OCc3ccccc3)cc2)SC1=S. The second kappa shape index (κ2) is 12.2. The number of thiocarbonyl (C=S) groups is 1. The molecule has 0 atom stereocenters. The predicted octanol–water partition coefficient (Wildman–Crippen LogP) is 6.36. The zero-order valence-electron chi connectivity index (χ0n) is 20.9. The lowest BCUT2D eigenvalue weighted by atomic mass is 10.1. The smallest absolute Gasteiger partial charge is 0.266 e. The number of amides is 1. The first-order chi connectivity index (χ1) is 18.6. The van der Waals surface area contributed by atoms with E-state index >= 15 is 0 Å². The van der Waals surface area contributed by atoms with Crippen molar-refractivity contribution in [2.45, 2.75) is 13.0 Å². The number of methoxy groups -OCH3 is 1. The fourth-order valence-corrected chi connectivity index (χ4v) is 5.38. The van der Waals surface area contributed by atoms with Gasteiger partial charge in [-0.1, -0.05) is 72.5 Å². The summed E-state index contributed by atoms with van der Waals surface area (Å²) in [7, 11) is 1.65. The van der Waals surface area contributed by atoms with Crippen LogP contribution in [0, 0.1) is 0 Å². The number of hydrogen-bond acceptors (Lipinski definition) is 6. The van der Waals surface area contributed by atoms with Gasteiger partial charge in [0.1, 0.15) is 16.7 Å². The van der Waals surface area contributed by atoms with Crippen LogP contribution in [0.1, 0.15) is 17.5 Å². The Kier molecular flexibility index (Phi) is 8.33. The number of nitrogens with zero attached hydrogens (tertiary/aromatic N) is 3. The number of hydrogen-bond donors (Lipinski definition) is 0. The van der Waals surface area contributed by atoms with E-state index in [-0.39, 0.29) is 5.91 Å². The fraction of sp³-hybridized carbons (Fsp3) is 0.167. The molecule has 0 radical (unpaired) electrons. The largest absolute Gasteiger partial charge is 0.489 e. The highest BCUT2D eigenvalue weighted by molar-refractivity contribution is 8.26. The van der Waals surface area contributed by atoms with Gasteiger partial charge in [0.05, 0.1) is 16.3 Å². The number of aromatic nitrogens is 2. The molecule has 0 spiro atoms. The number of thioether (sulfide) groups is 1. The molecule has 3 aromatic carbocycles.